The van der Waals surface area contributed by atoms with Crippen LogP contribution in [0.15, 0.2) is 22.7 Å². The van der Waals surface area contributed by atoms with E-state index in [1.165, 1.54) is 31.5 Å². The van der Waals surface area contributed by atoms with Crippen LogP contribution in [0.2, 0.25) is 0 Å². The van der Waals surface area contributed by atoms with Crippen molar-refractivity contribution >= 4 is 15.9 Å². The maximum atomic E-state index is 5.24. The van der Waals surface area contributed by atoms with Gasteiger partial charge in [-0.3, -0.25) is 4.90 Å². The zero-order valence-electron chi connectivity index (χ0n) is 10.6. The molecule has 0 spiro atoms. The highest BCUT2D eigenvalue weighted by atomic mass is 79.9. The van der Waals surface area contributed by atoms with E-state index in [1.807, 2.05) is 6.07 Å². The minimum atomic E-state index is 0.900. The molecule has 2 rings (SSSR count). The molecule has 1 unspecified atom stereocenters. The first kappa shape index (κ1) is 12.9. The lowest BCUT2D eigenvalue weighted by Gasteiger charge is -2.16. The third kappa shape index (κ3) is 3.23. The SMILES string of the molecule is CCC1CCN(Cc2ccc(OC)c(Br)c2)C1. The van der Waals surface area contributed by atoms with Gasteiger partial charge in [0.25, 0.3) is 0 Å². The molecule has 1 heterocycles. The third-order valence-corrected chi connectivity index (χ3v) is 4.19. The van der Waals surface area contributed by atoms with Crippen LogP contribution in [-0.4, -0.2) is 25.1 Å². The molecule has 17 heavy (non-hydrogen) atoms. The standard InChI is InChI=1S/C14H20BrNO/c1-3-11-6-7-16(9-11)10-12-4-5-14(17-2)13(15)8-12/h4-5,8,11H,3,6-7,9-10H2,1-2H3. The van der Waals surface area contributed by atoms with Crippen molar-refractivity contribution < 1.29 is 4.74 Å². The average molecular weight is 298 g/mol. The highest BCUT2D eigenvalue weighted by Crippen LogP contribution is 2.27. The molecular formula is C14H20BrNO. The average Bonchev–Trinajstić information content (AvgIpc) is 2.77. The number of benzene rings is 1. The topological polar surface area (TPSA) is 12.5 Å². The molecule has 0 aromatic heterocycles. The summed E-state index contributed by atoms with van der Waals surface area (Å²) in [7, 11) is 1.70. The number of halogens is 1. The Morgan fingerprint density at radius 2 is 2.29 bits per heavy atom. The lowest BCUT2D eigenvalue weighted by molar-refractivity contribution is 0.315. The van der Waals surface area contributed by atoms with Crippen molar-refractivity contribution in [2.24, 2.45) is 5.92 Å². The van der Waals surface area contributed by atoms with Gasteiger partial charge in [0.1, 0.15) is 5.75 Å². The Morgan fingerprint density at radius 3 is 2.88 bits per heavy atom. The molecule has 1 aromatic rings. The van der Waals surface area contributed by atoms with Crippen LogP contribution < -0.4 is 4.74 Å². The summed E-state index contributed by atoms with van der Waals surface area (Å²) in [5.41, 5.74) is 1.36. The summed E-state index contributed by atoms with van der Waals surface area (Å²) in [5, 5.41) is 0. The van der Waals surface area contributed by atoms with Crippen LogP contribution in [0, 0.1) is 5.92 Å². The molecule has 94 valence electrons. The molecular weight excluding hydrogens is 278 g/mol. The van der Waals surface area contributed by atoms with Gasteiger partial charge in [-0.15, -0.1) is 0 Å². The monoisotopic (exact) mass is 297 g/mol. The van der Waals surface area contributed by atoms with Crippen molar-refractivity contribution in [3.05, 3.63) is 28.2 Å². The lowest BCUT2D eigenvalue weighted by Crippen LogP contribution is -2.19. The van der Waals surface area contributed by atoms with Gasteiger partial charge in [-0.1, -0.05) is 19.4 Å². The Bertz CT molecular complexity index is 380. The molecule has 0 saturated carbocycles. The summed E-state index contributed by atoms with van der Waals surface area (Å²) >= 11 is 3.54. The summed E-state index contributed by atoms with van der Waals surface area (Å²) < 4.78 is 6.29. The predicted octanol–water partition coefficient (Wildman–Crippen LogP) is 3.69. The molecule has 3 heteroatoms. The van der Waals surface area contributed by atoms with Gasteiger partial charge in [-0.25, -0.2) is 0 Å². The van der Waals surface area contributed by atoms with Gasteiger partial charge in [0.05, 0.1) is 11.6 Å². The van der Waals surface area contributed by atoms with Crippen LogP contribution in [0.25, 0.3) is 0 Å². The van der Waals surface area contributed by atoms with E-state index in [0.29, 0.717) is 0 Å². The van der Waals surface area contributed by atoms with Crippen LogP contribution in [0.3, 0.4) is 0 Å². The first-order valence-corrected chi connectivity index (χ1v) is 7.07. The molecule has 0 N–H and O–H groups in total. The van der Waals surface area contributed by atoms with Crippen LogP contribution >= 0.6 is 15.9 Å². The Balaban J connectivity index is 1.97. The predicted molar refractivity (Wildman–Crippen MR) is 74.4 cm³/mol. The van der Waals surface area contributed by atoms with Crippen molar-refractivity contribution in [3.63, 3.8) is 0 Å². The number of likely N-dealkylation sites (tertiary alicyclic amines) is 1. The molecule has 1 fully saturated rings. The van der Waals surface area contributed by atoms with E-state index >= 15 is 0 Å². The van der Waals surface area contributed by atoms with Gasteiger partial charge in [0.2, 0.25) is 0 Å². The van der Waals surface area contributed by atoms with E-state index in [1.54, 1.807) is 7.11 Å². The van der Waals surface area contributed by atoms with Crippen molar-refractivity contribution in [2.45, 2.75) is 26.3 Å². The van der Waals surface area contributed by atoms with E-state index in [4.69, 9.17) is 4.74 Å². The van der Waals surface area contributed by atoms with Gasteiger partial charge in [0, 0.05) is 13.1 Å². The summed E-state index contributed by atoms with van der Waals surface area (Å²) in [4.78, 5) is 2.54. The number of nitrogens with zero attached hydrogens (tertiary/aromatic N) is 1. The Kier molecular flexibility index (Phi) is 4.46. The Hall–Kier alpha value is -0.540. The highest BCUT2D eigenvalue weighted by Gasteiger charge is 2.20. The minimum Gasteiger partial charge on any atom is -0.496 e. The van der Waals surface area contributed by atoms with E-state index in [0.717, 1.165) is 22.7 Å². The second kappa shape index (κ2) is 5.87. The minimum absolute atomic E-state index is 0.900. The fraction of sp³-hybridized carbons (Fsp3) is 0.571. The van der Waals surface area contributed by atoms with Crippen LogP contribution in [0.4, 0.5) is 0 Å². The van der Waals surface area contributed by atoms with Gasteiger partial charge in [-0.2, -0.15) is 0 Å². The van der Waals surface area contributed by atoms with Crippen LogP contribution in [-0.2, 0) is 6.54 Å². The molecule has 0 bridgehead atoms. The van der Waals surface area contributed by atoms with E-state index in [-0.39, 0.29) is 0 Å². The molecule has 1 atom stereocenters. The molecule has 1 aliphatic heterocycles. The van der Waals surface area contributed by atoms with E-state index < -0.39 is 0 Å². The zero-order valence-corrected chi connectivity index (χ0v) is 12.2. The van der Waals surface area contributed by atoms with Crippen molar-refractivity contribution in [3.8, 4) is 5.75 Å². The molecule has 0 radical (unpaired) electrons. The molecule has 1 saturated heterocycles. The maximum absolute atomic E-state index is 5.24. The molecule has 0 amide bonds. The number of hydrogen-bond acceptors (Lipinski definition) is 2. The van der Waals surface area contributed by atoms with Crippen molar-refractivity contribution in [1.82, 2.24) is 4.90 Å². The summed E-state index contributed by atoms with van der Waals surface area (Å²) in [6.07, 6.45) is 2.66. The van der Waals surface area contributed by atoms with E-state index in [9.17, 15) is 0 Å². The van der Waals surface area contributed by atoms with Crippen molar-refractivity contribution in [2.75, 3.05) is 20.2 Å². The fourth-order valence-corrected chi connectivity index (χ4v) is 3.04. The summed E-state index contributed by atoms with van der Waals surface area (Å²) in [6, 6.07) is 6.35. The summed E-state index contributed by atoms with van der Waals surface area (Å²) in [6.45, 7) is 5.83. The van der Waals surface area contributed by atoms with Crippen LogP contribution in [0.5, 0.6) is 5.75 Å². The Labute approximate surface area is 112 Å². The molecule has 1 aromatic carbocycles. The van der Waals surface area contributed by atoms with Gasteiger partial charge < -0.3 is 4.74 Å². The van der Waals surface area contributed by atoms with Gasteiger partial charge in [-0.05, 0) is 52.5 Å². The third-order valence-electron chi connectivity index (χ3n) is 3.57. The van der Waals surface area contributed by atoms with E-state index in [2.05, 4.69) is 39.9 Å². The molecule has 1 aliphatic rings. The number of methoxy groups -OCH3 is 1. The van der Waals surface area contributed by atoms with Crippen molar-refractivity contribution in [1.29, 1.82) is 0 Å². The second-order valence-corrected chi connectivity index (χ2v) is 5.62. The Morgan fingerprint density at radius 1 is 1.47 bits per heavy atom. The van der Waals surface area contributed by atoms with Crippen LogP contribution in [0.1, 0.15) is 25.3 Å². The normalized spacial score (nSPS) is 20.8. The maximum Gasteiger partial charge on any atom is 0.133 e. The quantitative estimate of drug-likeness (QED) is 0.840. The first-order chi connectivity index (χ1) is 8.22. The second-order valence-electron chi connectivity index (χ2n) is 4.77. The molecule has 2 nitrogen and oxygen atoms in total. The van der Waals surface area contributed by atoms with Gasteiger partial charge in [0.15, 0.2) is 0 Å². The van der Waals surface area contributed by atoms with Gasteiger partial charge >= 0.3 is 0 Å². The number of ether oxygens (including phenoxy) is 1. The molecule has 0 aliphatic carbocycles. The number of hydrogen-bond donors (Lipinski definition) is 0. The number of rotatable bonds is 4. The zero-order chi connectivity index (χ0) is 12.3. The largest absolute Gasteiger partial charge is 0.496 e. The first-order valence-electron chi connectivity index (χ1n) is 6.27. The fourth-order valence-electron chi connectivity index (χ4n) is 2.46. The highest BCUT2D eigenvalue weighted by molar-refractivity contribution is 9.10. The smallest absolute Gasteiger partial charge is 0.133 e. The summed E-state index contributed by atoms with van der Waals surface area (Å²) in [5.74, 6) is 1.80. The lowest BCUT2D eigenvalue weighted by atomic mass is 10.1.